The number of carbonyl (C=O) groups is 1. The molecule has 0 saturated carbocycles. The van der Waals surface area contributed by atoms with Gasteiger partial charge in [-0.1, -0.05) is 6.58 Å². The van der Waals surface area contributed by atoms with Crippen LogP contribution in [0.2, 0.25) is 0 Å². The molecule has 1 N–H and O–H groups in total. The van der Waals surface area contributed by atoms with Gasteiger partial charge in [-0.2, -0.15) is 0 Å². The second-order valence-corrected chi connectivity index (χ2v) is 1.61. The van der Waals surface area contributed by atoms with Crippen LogP contribution in [-0.4, -0.2) is 19.2 Å². The van der Waals surface area contributed by atoms with Gasteiger partial charge in [0.25, 0.3) is 5.91 Å². The molecule has 0 bridgehead atoms. The van der Waals surface area contributed by atoms with Crippen LogP contribution in [0, 0.1) is 0 Å². The number of rotatable bonds is 1. The van der Waals surface area contributed by atoms with E-state index < -0.39 is 0 Å². The first-order chi connectivity index (χ1) is 3.75. The van der Waals surface area contributed by atoms with Crippen LogP contribution in [0.25, 0.3) is 0 Å². The molecule has 0 aromatic carbocycles. The highest BCUT2D eigenvalue weighted by molar-refractivity contribution is 6.00. The summed E-state index contributed by atoms with van der Waals surface area (Å²) in [5, 5.41) is 2.48. The van der Waals surface area contributed by atoms with Crippen LogP contribution < -0.4 is 5.32 Å². The van der Waals surface area contributed by atoms with E-state index in [-0.39, 0.29) is 12.1 Å². The minimum Gasteiger partial charge on any atom is -0.357 e. The van der Waals surface area contributed by atoms with Crippen LogP contribution in [-0.2, 0) is 9.53 Å². The van der Waals surface area contributed by atoms with Crippen molar-refractivity contribution < 1.29 is 9.53 Å². The Bertz CT molecular complexity index is 141. The molecule has 1 heterocycles. The Kier molecular flexibility index (Phi) is 1.06. The molecule has 1 unspecified atom stereocenters. The van der Waals surface area contributed by atoms with Gasteiger partial charge in [0.1, 0.15) is 0 Å². The maximum Gasteiger partial charge on any atom is 0.253 e. The smallest absolute Gasteiger partial charge is 0.253 e. The summed E-state index contributed by atoms with van der Waals surface area (Å²) in [5.41, 5.74) is 0.507. The predicted molar refractivity (Wildman–Crippen MR) is 28.1 cm³/mol. The first-order valence-electron chi connectivity index (χ1n) is 2.28. The Morgan fingerprint density at radius 3 is 2.62 bits per heavy atom. The highest BCUT2D eigenvalue weighted by atomic mass is 16.5. The van der Waals surface area contributed by atoms with Gasteiger partial charge in [0.2, 0.25) is 0 Å². The monoisotopic (exact) mass is 113 g/mol. The molecule has 3 nitrogen and oxygen atoms in total. The van der Waals surface area contributed by atoms with E-state index in [0.29, 0.717) is 5.57 Å². The molecule has 44 valence electrons. The Balaban J connectivity index is 2.48. The Morgan fingerprint density at radius 1 is 1.88 bits per heavy atom. The molecule has 0 aliphatic carbocycles. The molecule has 0 radical (unpaired) electrons. The number of methoxy groups -OCH3 is 1. The van der Waals surface area contributed by atoms with Crippen LogP contribution in [0.5, 0.6) is 0 Å². The third-order valence-electron chi connectivity index (χ3n) is 1.11. The Morgan fingerprint density at radius 2 is 2.50 bits per heavy atom. The summed E-state index contributed by atoms with van der Waals surface area (Å²) in [4.78, 5) is 10.3. The number of amides is 1. The number of ether oxygens (including phenoxy) is 1. The number of hydrogen-bond donors (Lipinski definition) is 1. The molecule has 1 amide bonds. The van der Waals surface area contributed by atoms with Gasteiger partial charge in [-0.25, -0.2) is 0 Å². The van der Waals surface area contributed by atoms with Crippen molar-refractivity contribution in [1.29, 1.82) is 0 Å². The second kappa shape index (κ2) is 1.59. The van der Waals surface area contributed by atoms with E-state index in [1.165, 1.54) is 7.11 Å². The Hall–Kier alpha value is -0.830. The van der Waals surface area contributed by atoms with E-state index in [9.17, 15) is 4.79 Å². The van der Waals surface area contributed by atoms with Gasteiger partial charge in [-0.05, 0) is 0 Å². The van der Waals surface area contributed by atoms with Crippen molar-refractivity contribution in [3.05, 3.63) is 12.2 Å². The summed E-state index contributed by atoms with van der Waals surface area (Å²) < 4.78 is 4.74. The van der Waals surface area contributed by atoms with Gasteiger partial charge in [0.05, 0.1) is 5.57 Å². The second-order valence-electron chi connectivity index (χ2n) is 1.61. The predicted octanol–water partition coefficient (Wildman–Crippen LogP) is -0.355. The van der Waals surface area contributed by atoms with Crippen LogP contribution in [0.15, 0.2) is 12.2 Å². The van der Waals surface area contributed by atoms with Crippen molar-refractivity contribution in [3.63, 3.8) is 0 Å². The molecule has 1 fully saturated rings. The van der Waals surface area contributed by atoms with Crippen molar-refractivity contribution in [3.8, 4) is 0 Å². The summed E-state index contributed by atoms with van der Waals surface area (Å²) in [6.07, 6.45) is -0.234. The lowest BCUT2D eigenvalue weighted by Gasteiger charge is -2.27. The molecule has 1 aliphatic rings. The third-order valence-corrected chi connectivity index (χ3v) is 1.11. The van der Waals surface area contributed by atoms with Crippen LogP contribution in [0.1, 0.15) is 0 Å². The van der Waals surface area contributed by atoms with Gasteiger partial charge in [-0.15, -0.1) is 0 Å². The summed E-state index contributed by atoms with van der Waals surface area (Å²) >= 11 is 0. The lowest BCUT2D eigenvalue weighted by Crippen LogP contribution is -2.51. The number of hydrogen-bond acceptors (Lipinski definition) is 2. The third kappa shape index (κ3) is 0.518. The van der Waals surface area contributed by atoms with Gasteiger partial charge in [0, 0.05) is 7.11 Å². The molecular formula is C5H7NO2. The minimum absolute atomic E-state index is 0.114. The molecule has 1 aliphatic heterocycles. The molecule has 1 atom stereocenters. The molecule has 0 spiro atoms. The summed E-state index contributed by atoms with van der Waals surface area (Å²) in [5.74, 6) is -0.114. The normalized spacial score (nSPS) is 26.9. The van der Waals surface area contributed by atoms with Crippen molar-refractivity contribution in [2.75, 3.05) is 7.11 Å². The zero-order valence-corrected chi connectivity index (χ0v) is 4.60. The first kappa shape index (κ1) is 5.31. The van der Waals surface area contributed by atoms with Gasteiger partial charge < -0.3 is 10.1 Å². The summed E-state index contributed by atoms with van der Waals surface area (Å²) in [6.45, 7) is 3.46. The molecule has 0 aromatic rings. The first-order valence-corrected chi connectivity index (χ1v) is 2.28. The van der Waals surface area contributed by atoms with Crippen LogP contribution in [0.3, 0.4) is 0 Å². The summed E-state index contributed by atoms with van der Waals surface area (Å²) in [6, 6.07) is 0. The van der Waals surface area contributed by atoms with Crippen LogP contribution >= 0.6 is 0 Å². The number of nitrogens with one attached hydrogen (secondary N) is 1. The van der Waals surface area contributed by atoms with Crippen LogP contribution in [0.4, 0.5) is 0 Å². The average Bonchev–Trinajstić information content (AvgIpc) is 1.81. The number of carbonyl (C=O) groups excluding carboxylic acids is 1. The molecule has 0 aromatic heterocycles. The number of β-lactam (4-membered cyclic amide) rings is 1. The van der Waals surface area contributed by atoms with E-state index in [1.54, 1.807) is 0 Å². The molecule has 1 saturated heterocycles. The quantitative estimate of drug-likeness (QED) is 0.372. The minimum atomic E-state index is -0.234. The van der Waals surface area contributed by atoms with Crippen molar-refractivity contribution in [1.82, 2.24) is 5.32 Å². The van der Waals surface area contributed by atoms with E-state index >= 15 is 0 Å². The zero-order valence-electron chi connectivity index (χ0n) is 4.60. The van der Waals surface area contributed by atoms with Gasteiger partial charge in [0.15, 0.2) is 6.23 Å². The maximum atomic E-state index is 10.3. The fourth-order valence-electron chi connectivity index (χ4n) is 0.541. The van der Waals surface area contributed by atoms with Crippen molar-refractivity contribution in [2.45, 2.75) is 6.23 Å². The zero-order chi connectivity index (χ0) is 6.15. The molecule has 1 rings (SSSR count). The molecular weight excluding hydrogens is 106 g/mol. The van der Waals surface area contributed by atoms with Gasteiger partial charge in [-0.3, -0.25) is 4.79 Å². The Labute approximate surface area is 47.3 Å². The maximum absolute atomic E-state index is 10.3. The van der Waals surface area contributed by atoms with E-state index in [0.717, 1.165) is 0 Å². The standard InChI is InChI=1S/C5H7NO2/c1-3-4(7)6-5(3)8-2/h5H,1H2,2H3,(H,6,7). The fourth-order valence-corrected chi connectivity index (χ4v) is 0.541. The highest BCUT2D eigenvalue weighted by Gasteiger charge is 2.29. The molecule has 3 heteroatoms. The summed E-state index contributed by atoms with van der Waals surface area (Å²) in [7, 11) is 1.52. The fraction of sp³-hybridized carbons (Fsp3) is 0.400. The van der Waals surface area contributed by atoms with E-state index in [1.807, 2.05) is 0 Å². The highest BCUT2D eigenvalue weighted by Crippen LogP contribution is 2.09. The molecule has 8 heavy (non-hydrogen) atoms. The SMILES string of the molecule is C=C1C(=O)NC1OC. The van der Waals surface area contributed by atoms with Crippen molar-refractivity contribution >= 4 is 5.91 Å². The van der Waals surface area contributed by atoms with E-state index in [2.05, 4.69) is 11.9 Å². The largest absolute Gasteiger partial charge is 0.357 e. The van der Waals surface area contributed by atoms with E-state index in [4.69, 9.17) is 4.74 Å². The van der Waals surface area contributed by atoms with Gasteiger partial charge >= 0.3 is 0 Å². The average molecular weight is 113 g/mol. The lowest BCUT2D eigenvalue weighted by atomic mass is 10.1. The lowest BCUT2D eigenvalue weighted by molar-refractivity contribution is -0.128. The topological polar surface area (TPSA) is 38.3 Å². The van der Waals surface area contributed by atoms with Crippen molar-refractivity contribution in [2.24, 2.45) is 0 Å².